The minimum atomic E-state index is -0.514. The number of hydrogen-bond donors (Lipinski definition) is 3. The number of hydrogen-bond acceptors (Lipinski definition) is 15. The Hall–Kier alpha value is -6.48. The lowest BCUT2D eigenvalue weighted by atomic mass is 10.1. The number of thiazole rings is 2. The lowest BCUT2D eigenvalue weighted by Gasteiger charge is -2.33. The monoisotopic (exact) mass is 984 g/mol. The quantitative estimate of drug-likeness (QED) is 0.118. The zero-order valence-electron chi connectivity index (χ0n) is 38.0. The van der Waals surface area contributed by atoms with Crippen LogP contribution in [0.2, 0.25) is 0 Å². The second-order valence-electron chi connectivity index (χ2n) is 17.0. The van der Waals surface area contributed by atoms with Crippen molar-refractivity contribution in [1.82, 2.24) is 48.9 Å². The maximum absolute atomic E-state index is 14.1. The van der Waals surface area contributed by atoms with Crippen molar-refractivity contribution in [1.29, 1.82) is 0 Å². The molecule has 21 heteroatoms. The molecule has 2 fully saturated rings. The topological polar surface area (TPSA) is 170 Å². The van der Waals surface area contributed by atoms with Crippen LogP contribution >= 0.6 is 35.1 Å². The van der Waals surface area contributed by atoms with Gasteiger partial charge < -0.3 is 35.1 Å². The number of ether oxygens (including phenoxy) is 3. The fourth-order valence-corrected chi connectivity index (χ4v) is 9.49. The molecule has 2 aromatic carbocycles. The summed E-state index contributed by atoms with van der Waals surface area (Å²) >= 11 is 3.05. The molecule has 0 bridgehead atoms. The lowest BCUT2D eigenvalue weighted by molar-refractivity contribution is 0.0210. The summed E-state index contributed by atoms with van der Waals surface area (Å²) in [6.45, 7) is 8.78. The molecule has 8 heterocycles. The number of benzene rings is 2. The Morgan fingerprint density at radius 3 is 1.63 bits per heavy atom. The minimum Gasteiger partial charge on any atom is -0.494 e. The summed E-state index contributed by atoms with van der Waals surface area (Å²) in [4.78, 5) is 43.8. The number of methoxy groups -OCH3 is 2. The van der Waals surface area contributed by atoms with Crippen molar-refractivity contribution in [2.75, 3.05) is 51.0 Å². The first-order chi connectivity index (χ1) is 32.4. The van der Waals surface area contributed by atoms with E-state index in [1.165, 1.54) is 49.0 Å². The largest absolute Gasteiger partial charge is 0.494 e. The summed E-state index contributed by atoms with van der Waals surface area (Å²) in [5.74, 6) is 0.612. The van der Waals surface area contributed by atoms with E-state index in [0.717, 1.165) is 82.6 Å². The van der Waals surface area contributed by atoms with Gasteiger partial charge in [0.2, 0.25) is 11.9 Å². The number of halogens is 3. The predicted octanol–water partition coefficient (Wildman–Crippen LogP) is 9.73. The van der Waals surface area contributed by atoms with Gasteiger partial charge in [0.15, 0.2) is 33.1 Å². The fraction of sp³-hybridized carbons (Fsp3) is 0.340. The van der Waals surface area contributed by atoms with Crippen molar-refractivity contribution in [2.45, 2.75) is 64.1 Å². The highest BCUT2D eigenvalue weighted by atomic mass is 35.5. The number of imidazole rings is 2. The molecule has 0 spiro atoms. The smallest absolute Gasteiger partial charge is 0.410 e. The first-order valence-corrected chi connectivity index (χ1v) is 23.7. The van der Waals surface area contributed by atoms with Crippen molar-refractivity contribution in [3.8, 4) is 56.8 Å². The third-order valence-corrected chi connectivity index (χ3v) is 12.8. The van der Waals surface area contributed by atoms with Crippen molar-refractivity contribution >= 4 is 63.0 Å². The molecule has 0 radical (unpaired) electrons. The van der Waals surface area contributed by atoms with Crippen LogP contribution in [0.4, 0.5) is 25.5 Å². The fourth-order valence-electron chi connectivity index (χ4n) is 8.06. The van der Waals surface area contributed by atoms with Gasteiger partial charge in [-0.1, -0.05) is 0 Å². The molecule has 8 aromatic rings. The van der Waals surface area contributed by atoms with Gasteiger partial charge in [-0.05, 0) is 108 Å². The number of rotatable bonds is 10. The third kappa shape index (κ3) is 10.6. The molecule has 0 unspecified atom stereocenters. The first kappa shape index (κ1) is 48.0. The molecule has 6 aromatic heterocycles. The van der Waals surface area contributed by atoms with Crippen LogP contribution in [-0.2, 0) is 4.74 Å². The maximum atomic E-state index is 14.1. The number of amides is 1. The van der Waals surface area contributed by atoms with Gasteiger partial charge in [0.25, 0.3) is 0 Å². The number of nitrogens with one attached hydrogen (secondary N) is 3. The van der Waals surface area contributed by atoms with E-state index in [1.54, 1.807) is 41.6 Å². The summed E-state index contributed by atoms with van der Waals surface area (Å²) in [7, 11) is 2.90. The Bertz CT molecular complexity index is 3010. The average Bonchev–Trinajstić information content (AvgIpc) is 4.13. The summed E-state index contributed by atoms with van der Waals surface area (Å²) < 4.78 is 47.8. The number of anilines is 2. The van der Waals surface area contributed by atoms with E-state index in [4.69, 9.17) is 34.1 Å². The number of nitrogens with zero attached hydrogens (tertiary/aromatic N) is 9. The molecule has 2 aliphatic heterocycles. The number of carbonyl (C=O) groups is 1. The number of fused-ring (bicyclic) bond motifs is 2. The Morgan fingerprint density at radius 2 is 1.18 bits per heavy atom. The summed E-state index contributed by atoms with van der Waals surface area (Å²) in [6.07, 6.45) is 10.7. The molecule has 0 saturated carbocycles. The Labute approximate surface area is 405 Å². The van der Waals surface area contributed by atoms with Gasteiger partial charge >= 0.3 is 6.09 Å². The summed E-state index contributed by atoms with van der Waals surface area (Å²) in [5, 5.41) is 14.2. The van der Waals surface area contributed by atoms with Crippen LogP contribution in [0.3, 0.4) is 0 Å². The average molecular weight is 986 g/mol. The highest BCUT2D eigenvalue weighted by Gasteiger charge is 2.28. The molecule has 3 N–H and O–H groups in total. The van der Waals surface area contributed by atoms with Gasteiger partial charge in [0, 0.05) is 71.8 Å². The normalized spacial score (nSPS) is 14.5. The van der Waals surface area contributed by atoms with E-state index in [9.17, 15) is 13.6 Å². The van der Waals surface area contributed by atoms with Gasteiger partial charge in [-0.3, -0.25) is 8.80 Å². The van der Waals surface area contributed by atoms with Crippen LogP contribution < -0.4 is 25.4 Å². The second kappa shape index (κ2) is 20.8. The van der Waals surface area contributed by atoms with Crippen LogP contribution in [-0.4, -0.2) is 108 Å². The lowest BCUT2D eigenvalue weighted by Crippen LogP contribution is -2.44. The molecule has 1 amide bonds. The highest BCUT2D eigenvalue weighted by Crippen LogP contribution is 2.37. The zero-order valence-corrected chi connectivity index (χ0v) is 40.5. The van der Waals surface area contributed by atoms with Crippen molar-refractivity contribution < 1.29 is 27.8 Å². The van der Waals surface area contributed by atoms with E-state index in [1.807, 2.05) is 64.9 Å². The second-order valence-corrected chi connectivity index (χ2v) is 18.8. The molecule has 10 rings (SSSR count). The molecule has 0 aliphatic carbocycles. The minimum absolute atomic E-state index is 0. The predicted molar refractivity (Wildman–Crippen MR) is 263 cm³/mol. The highest BCUT2D eigenvalue weighted by molar-refractivity contribution is 7.15. The van der Waals surface area contributed by atoms with E-state index in [-0.39, 0.29) is 36.0 Å². The van der Waals surface area contributed by atoms with Crippen LogP contribution in [0.5, 0.6) is 11.5 Å². The standard InChI is InChI=1S/C26H29FN6O3S.C21H21FN6OS.ClH/c1-26(2,3)36-25(34)32-11-8-17(9-12-32)29-23-28-10-7-19(30-23)22-21(31-24-33(22)13-14-37-24)16-5-6-18(27)20(15-16)35-4;1-29-17-12-13(2-3-15(17)22)18-19(28-10-11-30-21(28)27-18)16-6-9-24-20(26-16)25-14-4-7-23-8-5-14;/h5-7,10,13-15,17H,8-9,11-12H2,1-4H3,(H,28,29,30);2-3,6,9-12,14,23H,4-5,7-8H2,1H3,(H,24,25,26);1H. The van der Waals surface area contributed by atoms with Crippen LogP contribution in [0.25, 0.3) is 55.2 Å². The zero-order chi connectivity index (χ0) is 46.7. The Kier molecular flexibility index (Phi) is 14.7. The first-order valence-electron chi connectivity index (χ1n) is 21.9. The van der Waals surface area contributed by atoms with Crippen molar-refractivity contribution in [3.63, 3.8) is 0 Å². The van der Waals surface area contributed by atoms with Crippen molar-refractivity contribution in [2.24, 2.45) is 0 Å². The van der Waals surface area contributed by atoms with E-state index >= 15 is 0 Å². The molecule has 68 heavy (non-hydrogen) atoms. The molecular formula is C47H51ClF2N12O4S2. The molecular weight excluding hydrogens is 934 g/mol. The molecule has 2 saturated heterocycles. The number of piperidine rings is 2. The maximum Gasteiger partial charge on any atom is 0.410 e. The number of aromatic nitrogens is 8. The third-order valence-electron chi connectivity index (χ3n) is 11.3. The van der Waals surface area contributed by atoms with E-state index in [0.29, 0.717) is 42.4 Å². The van der Waals surface area contributed by atoms with Crippen LogP contribution in [0, 0.1) is 11.6 Å². The van der Waals surface area contributed by atoms with Gasteiger partial charge in [-0.2, -0.15) is 0 Å². The molecule has 16 nitrogen and oxygen atoms in total. The number of likely N-dealkylation sites (tertiary alicyclic amines) is 1. The Morgan fingerprint density at radius 1 is 0.706 bits per heavy atom. The van der Waals surface area contributed by atoms with E-state index < -0.39 is 17.2 Å². The van der Waals surface area contributed by atoms with Gasteiger partial charge in [-0.25, -0.2) is 43.5 Å². The summed E-state index contributed by atoms with van der Waals surface area (Å²) in [5.41, 5.74) is 5.47. The van der Waals surface area contributed by atoms with Crippen LogP contribution in [0.15, 0.2) is 84.1 Å². The van der Waals surface area contributed by atoms with Gasteiger partial charge in [0.05, 0.1) is 37.0 Å². The Balaban J connectivity index is 0.000000185. The SMILES string of the molecule is COc1cc(-c2nc3sccn3c2-c2ccnc(NC3CCN(C(=O)OC(C)(C)C)CC3)n2)ccc1F.COc1cc(-c2nc3sccn3c2-c2ccnc(NC3CCNCC3)n2)ccc1F.Cl. The molecule has 2 aliphatic rings. The van der Waals surface area contributed by atoms with Crippen molar-refractivity contribution in [3.05, 3.63) is 95.7 Å². The van der Waals surface area contributed by atoms with Gasteiger partial charge in [-0.15, -0.1) is 35.1 Å². The molecule has 356 valence electrons. The number of carbonyl (C=O) groups excluding carboxylic acids is 1. The van der Waals surface area contributed by atoms with Crippen LogP contribution in [0.1, 0.15) is 46.5 Å². The van der Waals surface area contributed by atoms with Gasteiger partial charge in [0.1, 0.15) is 17.0 Å². The molecule has 0 atom stereocenters. The summed E-state index contributed by atoms with van der Waals surface area (Å²) in [6, 6.07) is 13.7. The van der Waals surface area contributed by atoms with E-state index in [2.05, 4.69) is 25.9 Å².